The number of amides is 1. The van der Waals surface area contributed by atoms with Crippen molar-refractivity contribution in [2.45, 2.75) is 24.8 Å². The third kappa shape index (κ3) is 1.49. The van der Waals surface area contributed by atoms with Gasteiger partial charge in [-0.3, -0.25) is 14.4 Å². The number of aromatic nitrogens is 2. The predicted molar refractivity (Wildman–Crippen MR) is 72.5 cm³/mol. The second-order valence-electron chi connectivity index (χ2n) is 4.96. The molecule has 7 heteroatoms. The van der Waals surface area contributed by atoms with Gasteiger partial charge in [-0.1, -0.05) is 0 Å². The van der Waals surface area contributed by atoms with Crippen molar-refractivity contribution in [2.75, 3.05) is 0 Å². The van der Waals surface area contributed by atoms with Gasteiger partial charge in [0.1, 0.15) is 11.1 Å². The standard InChI is InChI=1S/C13H11N3O3S/c17-11-9(12-16(11)10(6-20-12)13(18)19)5-7-4-8-2-1-3-15(8)14-7/h4-6,12H,1-3H2,(H,18,19)/b9-5-. The van der Waals surface area contributed by atoms with Gasteiger partial charge in [-0.15, -0.1) is 11.8 Å². The molecular weight excluding hydrogens is 278 g/mol. The highest BCUT2D eigenvalue weighted by atomic mass is 32.2. The van der Waals surface area contributed by atoms with Gasteiger partial charge in [0.05, 0.1) is 11.3 Å². The molecule has 4 rings (SSSR count). The Morgan fingerprint density at radius 3 is 3.15 bits per heavy atom. The van der Waals surface area contributed by atoms with Crippen LogP contribution in [0.2, 0.25) is 0 Å². The van der Waals surface area contributed by atoms with Crippen molar-refractivity contribution in [3.05, 3.63) is 34.1 Å². The first-order chi connectivity index (χ1) is 9.65. The fourth-order valence-electron chi connectivity index (χ4n) is 2.78. The fourth-order valence-corrected chi connectivity index (χ4v) is 3.90. The first kappa shape index (κ1) is 11.8. The molecule has 102 valence electrons. The van der Waals surface area contributed by atoms with Crippen LogP contribution in [-0.2, 0) is 22.6 Å². The maximum absolute atomic E-state index is 12.0. The number of aliphatic carboxylic acids is 1. The molecule has 1 atom stereocenters. The van der Waals surface area contributed by atoms with Crippen molar-refractivity contribution < 1.29 is 14.7 Å². The zero-order chi connectivity index (χ0) is 13.9. The van der Waals surface area contributed by atoms with E-state index in [9.17, 15) is 9.59 Å². The van der Waals surface area contributed by atoms with Crippen LogP contribution in [0.25, 0.3) is 6.08 Å². The second kappa shape index (κ2) is 3.99. The summed E-state index contributed by atoms with van der Waals surface area (Å²) in [6, 6.07) is 2.00. The number of carbonyl (C=O) groups is 2. The number of rotatable bonds is 2. The highest BCUT2D eigenvalue weighted by Crippen LogP contribution is 2.45. The molecule has 1 unspecified atom stereocenters. The second-order valence-corrected chi connectivity index (χ2v) is 5.91. The lowest BCUT2D eigenvalue weighted by Crippen LogP contribution is -2.51. The van der Waals surface area contributed by atoms with Crippen molar-refractivity contribution in [1.29, 1.82) is 0 Å². The quantitative estimate of drug-likeness (QED) is 0.650. The Kier molecular flexibility index (Phi) is 2.35. The molecule has 0 bridgehead atoms. The predicted octanol–water partition coefficient (Wildman–Crippen LogP) is 1.05. The number of β-lactam (4-membered cyclic amide) rings is 1. The largest absolute Gasteiger partial charge is 0.477 e. The molecule has 1 aromatic heterocycles. The third-order valence-electron chi connectivity index (χ3n) is 3.74. The monoisotopic (exact) mass is 289 g/mol. The summed E-state index contributed by atoms with van der Waals surface area (Å²) in [5, 5.41) is 14.8. The summed E-state index contributed by atoms with van der Waals surface area (Å²) in [6.45, 7) is 0.932. The summed E-state index contributed by atoms with van der Waals surface area (Å²) >= 11 is 1.35. The summed E-state index contributed by atoms with van der Waals surface area (Å²) in [6.07, 6.45) is 3.93. The molecule has 0 spiro atoms. The van der Waals surface area contributed by atoms with E-state index in [1.165, 1.54) is 27.8 Å². The lowest BCUT2D eigenvalue weighted by atomic mass is 10.0. The van der Waals surface area contributed by atoms with Gasteiger partial charge in [-0.2, -0.15) is 5.10 Å². The van der Waals surface area contributed by atoms with Gasteiger partial charge in [0.2, 0.25) is 0 Å². The number of nitrogens with zero attached hydrogens (tertiary/aromatic N) is 3. The highest BCUT2D eigenvalue weighted by molar-refractivity contribution is 8.03. The normalized spacial score (nSPS) is 25.5. The van der Waals surface area contributed by atoms with Crippen molar-refractivity contribution >= 4 is 29.7 Å². The van der Waals surface area contributed by atoms with Gasteiger partial charge in [0.15, 0.2) is 0 Å². The van der Waals surface area contributed by atoms with Gasteiger partial charge in [0.25, 0.3) is 5.91 Å². The number of carboxylic acids is 1. The topological polar surface area (TPSA) is 75.4 Å². The molecule has 3 aliphatic heterocycles. The fraction of sp³-hybridized carbons (Fsp3) is 0.308. The zero-order valence-electron chi connectivity index (χ0n) is 10.4. The number of hydrogen-bond donors (Lipinski definition) is 1. The maximum Gasteiger partial charge on any atom is 0.353 e. The van der Waals surface area contributed by atoms with Crippen molar-refractivity contribution in [3.8, 4) is 0 Å². The van der Waals surface area contributed by atoms with Gasteiger partial charge in [-0.05, 0) is 25.0 Å². The molecule has 1 amide bonds. The summed E-state index contributed by atoms with van der Waals surface area (Å²) < 4.78 is 1.97. The van der Waals surface area contributed by atoms with Crippen LogP contribution in [0.4, 0.5) is 0 Å². The van der Waals surface area contributed by atoms with Gasteiger partial charge >= 0.3 is 5.97 Å². The van der Waals surface area contributed by atoms with Crippen LogP contribution in [0, 0.1) is 0 Å². The summed E-state index contributed by atoms with van der Waals surface area (Å²) in [5.41, 5.74) is 2.67. The maximum atomic E-state index is 12.0. The summed E-state index contributed by atoms with van der Waals surface area (Å²) in [7, 11) is 0. The molecular formula is C13H11N3O3S. The summed E-state index contributed by atoms with van der Waals surface area (Å²) in [4.78, 5) is 24.4. The lowest BCUT2D eigenvalue weighted by molar-refractivity contribution is -0.141. The van der Waals surface area contributed by atoms with Crippen LogP contribution in [0.1, 0.15) is 17.8 Å². The van der Waals surface area contributed by atoms with Crippen LogP contribution < -0.4 is 0 Å². The molecule has 0 aromatic carbocycles. The molecule has 20 heavy (non-hydrogen) atoms. The van der Waals surface area contributed by atoms with E-state index >= 15 is 0 Å². The SMILES string of the molecule is O=C(O)C1=CSC2/C(=C\c3cc4n(n3)CCC4)C(=O)N12. The van der Waals surface area contributed by atoms with E-state index in [0.717, 1.165) is 25.1 Å². The molecule has 1 saturated heterocycles. The number of thioether (sulfide) groups is 1. The molecule has 1 fully saturated rings. The van der Waals surface area contributed by atoms with Gasteiger partial charge < -0.3 is 5.11 Å². The molecule has 3 aliphatic rings. The molecule has 6 nitrogen and oxygen atoms in total. The molecule has 0 saturated carbocycles. The van der Waals surface area contributed by atoms with Crippen LogP contribution in [0.15, 0.2) is 22.7 Å². The van der Waals surface area contributed by atoms with E-state index in [-0.39, 0.29) is 17.0 Å². The number of fused-ring (bicyclic) bond motifs is 2. The average Bonchev–Trinajstić information content (AvgIpc) is 3.07. The van der Waals surface area contributed by atoms with Gasteiger partial charge in [-0.25, -0.2) is 4.79 Å². The molecule has 1 aromatic rings. The smallest absolute Gasteiger partial charge is 0.353 e. The zero-order valence-corrected chi connectivity index (χ0v) is 11.3. The van der Waals surface area contributed by atoms with Crippen molar-refractivity contribution in [3.63, 3.8) is 0 Å². The average molecular weight is 289 g/mol. The highest BCUT2D eigenvalue weighted by Gasteiger charge is 2.49. The van der Waals surface area contributed by atoms with Crippen LogP contribution in [0.5, 0.6) is 0 Å². The number of carbonyl (C=O) groups excluding carboxylic acids is 1. The number of hydrogen-bond acceptors (Lipinski definition) is 4. The van der Waals surface area contributed by atoms with Crippen LogP contribution >= 0.6 is 11.8 Å². The van der Waals surface area contributed by atoms with E-state index in [2.05, 4.69) is 5.10 Å². The lowest BCUT2D eigenvalue weighted by Gasteiger charge is -2.36. The number of aryl methyl sites for hydroxylation is 2. The van der Waals surface area contributed by atoms with E-state index in [1.807, 2.05) is 10.7 Å². The molecule has 4 heterocycles. The van der Waals surface area contributed by atoms with E-state index in [1.54, 1.807) is 6.08 Å². The van der Waals surface area contributed by atoms with E-state index in [0.29, 0.717) is 5.57 Å². The Morgan fingerprint density at radius 2 is 2.40 bits per heavy atom. The first-order valence-electron chi connectivity index (χ1n) is 6.36. The Labute approximate surface area is 118 Å². The van der Waals surface area contributed by atoms with E-state index in [4.69, 9.17) is 5.11 Å². The van der Waals surface area contributed by atoms with Crippen LogP contribution in [0.3, 0.4) is 0 Å². The Balaban J connectivity index is 1.61. The van der Waals surface area contributed by atoms with Gasteiger partial charge in [0, 0.05) is 17.6 Å². The van der Waals surface area contributed by atoms with E-state index < -0.39 is 5.97 Å². The Hall–Kier alpha value is -2.02. The van der Waals surface area contributed by atoms with Crippen molar-refractivity contribution in [1.82, 2.24) is 14.7 Å². The minimum Gasteiger partial charge on any atom is -0.477 e. The van der Waals surface area contributed by atoms with Crippen LogP contribution in [-0.4, -0.2) is 37.0 Å². The molecule has 0 aliphatic carbocycles. The molecule has 0 radical (unpaired) electrons. The Morgan fingerprint density at radius 1 is 1.55 bits per heavy atom. The molecule has 1 N–H and O–H groups in total. The minimum atomic E-state index is -1.06. The number of carboxylic acid groups (broad SMARTS) is 1. The third-order valence-corrected chi connectivity index (χ3v) is 4.82. The summed E-state index contributed by atoms with van der Waals surface area (Å²) in [5.74, 6) is -1.30. The first-order valence-corrected chi connectivity index (χ1v) is 7.30. The van der Waals surface area contributed by atoms with Crippen molar-refractivity contribution in [2.24, 2.45) is 0 Å². The minimum absolute atomic E-state index is 0.0643. The Bertz CT molecular complexity index is 682.